The molecule has 0 spiro atoms. The predicted molar refractivity (Wildman–Crippen MR) is 70.7 cm³/mol. The molecule has 0 aliphatic carbocycles. The molecule has 0 fully saturated rings. The van der Waals surface area contributed by atoms with Gasteiger partial charge in [0.05, 0.1) is 0 Å². The summed E-state index contributed by atoms with van der Waals surface area (Å²) in [5.74, 6) is 0. The summed E-state index contributed by atoms with van der Waals surface area (Å²) in [5.41, 5.74) is 0.288. The molecule has 0 aromatic heterocycles. The number of rotatable bonds is 10. The molecule has 0 saturated heterocycles. The smallest absolute Gasteiger partial charge is 0.0354 e. The van der Waals surface area contributed by atoms with Crippen molar-refractivity contribution in [2.75, 3.05) is 0 Å². The van der Waals surface area contributed by atoms with Gasteiger partial charge >= 0.3 is 0 Å². The quantitative estimate of drug-likeness (QED) is 0.413. The summed E-state index contributed by atoms with van der Waals surface area (Å²) < 4.78 is 0. The van der Waals surface area contributed by atoms with E-state index in [0.29, 0.717) is 0 Å². The van der Waals surface area contributed by atoms with Gasteiger partial charge in [-0.05, 0) is 25.2 Å². The lowest BCUT2D eigenvalue weighted by atomic mass is 9.89. The highest BCUT2D eigenvalue weighted by Gasteiger charge is 2.08. The minimum Gasteiger partial charge on any atom is -0.0651 e. The van der Waals surface area contributed by atoms with Crippen LogP contribution in [0.3, 0.4) is 0 Å². The van der Waals surface area contributed by atoms with E-state index in [1.54, 1.807) is 0 Å². The normalized spacial score (nSPS) is 12.0. The molecule has 0 saturated carbocycles. The van der Waals surface area contributed by atoms with Crippen LogP contribution < -0.4 is 0 Å². The van der Waals surface area contributed by atoms with E-state index in [1.165, 1.54) is 57.8 Å². The van der Waals surface area contributed by atoms with Crippen molar-refractivity contribution >= 4 is 0 Å². The topological polar surface area (TPSA) is 0 Å². The lowest BCUT2D eigenvalue weighted by molar-refractivity contribution is 0.403. The third-order valence-electron chi connectivity index (χ3n) is 2.80. The molecule has 90 valence electrons. The lowest BCUT2D eigenvalue weighted by Crippen LogP contribution is -2.04. The summed E-state index contributed by atoms with van der Waals surface area (Å²) >= 11 is 0. The van der Waals surface area contributed by atoms with Crippen LogP contribution in [0.25, 0.3) is 0 Å². The highest BCUT2D eigenvalue weighted by Crippen LogP contribution is 2.22. The Bertz CT molecular complexity index is 118. The summed E-state index contributed by atoms with van der Waals surface area (Å²) in [7, 11) is 0. The second-order valence-corrected chi connectivity index (χ2v) is 5.52. The van der Waals surface area contributed by atoms with Gasteiger partial charge in [-0.1, -0.05) is 72.1 Å². The van der Waals surface area contributed by atoms with Crippen LogP contribution in [0.1, 0.15) is 78.6 Å². The second-order valence-electron chi connectivity index (χ2n) is 5.52. The van der Waals surface area contributed by atoms with Gasteiger partial charge in [-0.2, -0.15) is 0 Å². The van der Waals surface area contributed by atoms with E-state index < -0.39 is 0 Å². The Balaban J connectivity index is 2.99. The van der Waals surface area contributed by atoms with Crippen LogP contribution in [0.2, 0.25) is 0 Å². The number of hydrogen-bond acceptors (Lipinski definition) is 0. The summed E-state index contributed by atoms with van der Waals surface area (Å²) in [6, 6.07) is 0. The van der Waals surface area contributed by atoms with Crippen LogP contribution in [-0.2, 0) is 0 Å². The Kier molecular flexibility index (Phi) is 9.24. The zero-order valence-electron chi connectivity index (χ0n) is 11.1. The van der Waals surface area contributed by atoms with Crippen molar-refractivity contribution in [2.24, 2.45) is 5.41 Å². The van der Waals surface area contributed by atoms with E-state index in [1.807, 2.05) is 0 Å². The molecule has 15 heavy (non-hydrogen) atoms. The average molecular weight is 210 g/mol. The van der Waals surface area contributed by atoms with Gasteiger partial charge < -0.3 is 0 Å². The Hall–Kier alpha value is 0. The third kappa shape index (κ3) is 14.0. The van der Waals surface area contributed by atoms with Crippen LogP contribution in [0, 0.1) is 18.8 Å². The van der Waals surface area contributed by atoms with Gasteiger partial charge in [0, 0.05) is 0 Å². The van der Waals surface area contributed by atoms with Crippen LogP contribution in [0.5, 0.6) is 0 Å². The van der Waals surface area contributed by atoms with Crippen molar-refractivity contribution in [3.8, 4) is 0 Å². The van der Waals surface area contributed by atoms with Crippen LogP contribution in [-0.4, -0.2) is 0 Å². The molecule has 0 heterocycles. The van der Waals surface area contributed by atoms with Gasteiger partial charge in [0.1, 0.15) is 0 Å². The van der Waals surface area contributed by atoms with E-state index in [0.717, 1.165) is 0 Å². The largest absolute Gasteiger partial charge is 0.0651 e. The van der Waals surface area contributed by atoms with Crippen molar-refractivity contribution in [1.29, 1.82) is 0 Å². The van der Waals surface area contributed by atoms with E-state index in [-0.39, 0.29) is 5.41 Å². The maximum atomic E-state index is 4.13. The molecule has 0 rings (SSSR count). The predicted octanol–water partition coefficient (Wildman–Crippen LogP) is 5.58. The first-order valence-electron chi connectivity index (χ1n) is 6.73. The Morgan fingerprint density at radius 1 is 0.933 bits per heavy atom. The molecule has 2 radical (unpaired) electrons. The van der Waals surface area contributed by atoms with Crippen molar-refractivity contribution in [3.63, 3.8) is 0 Å². The minimum absolute atomic E-state index is 0.288. The molecule has 0 aliphatic rings. The molecular weight excluding hydrogens is 180 g/mol. The monoisotopic (exact) mass is 210 g/mol. The first kappa shape index (κ1) is 15.0. The fourth-order valence-electron chi connectivity index (χ4n) is 1.80. The fraction of sp³-hybridized carbons (Fsp3) is 0.867. The molecule has 0 aromatic rings. The molecular formula is C15H30. The summed E-state index contributed by atoms with van der Waals surface area (Å²) in [5, 5.41) is 0. The zero-order valence-corrected chi connectivity index (χ0v) is 11.1. The van der Waals surface area contributed by atoms with Gasteiger partial charge in [0.15, 0.2) is 0 Å². The second kappa shape index (κ2) is 9.24. The minimum atomic E-state index is 0.288. The summed E-state index contributed by atoms with van der Waals surface area (Å²) in [6.07, 6.45) is 14.6. The molecule has 0 bridgehead atoms. The fourth-order valence-corrected chi connectivity index (χ4v) is 1.80. The molecule has 0 nitrogen and oxygen atoms in total. The first-order valence-corrected chi connectivity index (χ1v) is 6.73. The molecule has 0 aliphatic heterocycles. The van der Waals surface area contributed by atoms with Gasteiger partial charge in [0.25, 0.3) is 0 Å². The zero-order chi connectivity index (χ0) is 11.6. The highest BCUT2D eigenvalue weighted by atomic mass is 14.1. The highest BCUT2D eigenvalue weighted by molar-refractivity contribution is 4.70. The Labute approximate surface area is 97.8 Å². The summed E-state index contributed by atoms with van der Waals surface area (Å²) in [4.78, 5) is 0. The van der Waals surface area contributed by atoms with Gasteiger partial charge in [0.2, 0.25) is 0 Å². The van der Waals surface area contributed by atoms with Gasteiger partial charge in [-0.25, -0.2) is 0 Å². The number of hydrogen-bond donors (Lipinski definition) is 0. The maximum absolute atomic E-state index is 4.13. The molecule has 0 atom stereocenters. The lowest BCUT2D eigenvalue weighted by Gasteiger charge is -2.17. The van der Waals surface area contributed by atoms with Gasteiger partial charge in [-0.15, -0.1) is 0 Å². The van der Waals surface area contributed by atoms with Crippen LogP contribution in [0.15, 0.2) is 0 Å². The Morgan fingerprint density at radius 3 is 2.00 bits per heavy atom. The first-order chi connectivity index (χ1) is 7.06. The van der Waals surface area contributed by atoms with Crippen molar-refractivity contribution in [2.45, 2.75) is 78.6 Å². The maximum Gasteiger partial charge on any atom is -0.0354 e. The standard InChI is InChI=1S/C15H30/c1-5-6-7-8-9-10-11-12-13-14-15(2,3)4/h6H,2,5,7-14H2,1,3-4H3. The van der Waals surface area contributed by atoms with E-state index in [9.17, 15) is 0 Å². The van der Waals surface area contributed by atoms with Crippen LogP contribution in [0.4, 0.5) is 0 Å². The van der Waals surface area contributed by atoms with E-state index >= 15 is 0 Å². The molecule has 0 aromatic carbocycles. The SMILES string of the molecule is [CH2]C(C)(C)CCCCCCCC[CH]CC. The summed E-state index contributed by atoms with van der Waals surface area (Å²) in [6.45, 7) is 10.8. The average Bonchev–Trinajstić information content (AvgIpc) is 2.14. The van der Waals surface area contributed by atoms with E-state index in [4.69, 9.17) is 0 Å². The van der Waals surface area contributed by atoms with Crippen molar-refractivity contribution < 1.29 is 0 Å². The molecule has 0 unspecified atom stereocenters. The third-order valence-corrected chi connectivity index (χ3v) is 2.80. The molecule has 0 N–H and O–H groups in total. The van der Waals surface area contributed by atoms with Crippen molar-refractivity contribution in [1.82, 2.24) is 0 Å². The molecule has 0 amide bonds. The van der Waals surface area contributed by atoms with Crippen molar-refractivity contribution in [3.05, 3.63) is 13.3 Å². The Morgan fingerprint density at radius 2 is 1.47 bits per heavy atom. The molecule has 0 heteroatoms. The van der Waals surface area contributed by atoms with Gasteiger partial charge in [-0.3, -0.25) is 0 Å². The number of unbranched alkanes of at least 4 members (excludes halogenated alkanes) is 8. The van der Waals surface area contributed by atoms with Crippen LogP contribution >= 0.6 is 0 Å². The van der Waals surface area contributed by atoms with E-state index in [2.05, 4.69) is 34.1 Å².